The smallest absolute Gasteiger partial charge is 0.305 e. The fraction of sp³-hybridized carbons (Fsp3) is 0.429. The van der Waals surface area contributed by atoms with Crippen molar-refractivity contribution in [2.75, 3.05) is 6.54 Å². The number of carboxylic acid groups (broad SMARTS) is 1. The van der Waals surface area contributed by atoms with E-state index >= 15 is 0 Å². The minimum atomic E-state index is -1.30. The van der Waals surface area contributed by atoms with Crippen LogP contribution in [0.1, 0.15) is 42.5 Å². The van der Waals surface area contributed by atoms with Crippen molar-refractivity contribution in [3.05, 3.63) is 33.8 Å². The number of carbonyl (C=O) groups excluding carboxylic acids is 5. The van der Waals surface area contributed by atoms with Gasteiger partial charge in [-0.3, -0.25) is 29.0 Å². The first kappa shape index (κ1) is 25.4. The van der Waals surface area contributed by atoms with Gasteiger partial charge in [0.2, 0.25) is 11.8 Å². The van der Waals surface area contributed by atoms with Crippen molar-refractivity contribution in [1.82, 2.24) is 20.7 Å². The summed E-state index contributed by atoms with van der Waals surface area (Å²) in [7, 11) is 0. The Bertz CT molecular complexity index is 1010. The highest BCUT2D eigenvalue weighted by Gasteiger charge is 2.45. The highest BCUT2D eigenvalue weighted by Crippen LogP contribution is 2.27. The maximum Gasteiger partial charge on any atom is 0.305 e. The molecule has 3 N–H and O–H groups in total. The Morgan fingerprint density at radius 3 is 2.47 bits per heavy atom. The van der Waals surface area contributed by atoms with Gasteiger partial charge in [-0.15, -0.1) is 0 Å². The van der Waals surface area contributed by atoms with E-state index in [4.69, 9.17) is 28.3 Å². The number of hydrogen-bond acceptors (Lipinski definition) is 6. The Kier molecular flexibility index (Phi) is 8.11. The molecule has 2 aliphatic rings. The van der Waals surface area contributed by atoms with Gasteiger partial charge >= 0.3 is 5.97 Å². The van der Waals surface area contributed by atoms with Gasteiger partial charge in [-0.05, 0) is 31.4 Å². The monoisotopic (exact) mass is 512 g/mol. The standard InChI is InChI=1S/C21H22Cl2N4O7/c22-12-3-1-4-13(23)18(12)20(33)25-14-6-7-16(29)26-8-2-5-15(27(26)21(14)34)19(32)24-11(10-28)9-17(30)31/h1,3-4,10-11,14-15H,2,5-9H2,(H,24,32)(H,25,33)(H,30,31). The van der Waals surface area contributed by atoms with Gasteiger partial charge in [0.05, 0.1) is 28.1 Å². The molecule has 1 aromatic rings. The lowest BCUT2D eigenvalue weighted by Gasteiger charge is -2.43. The summed E-state index contributed by atoms with van der Waals surface area (Å²) in [6.07, 6.45) is 0.173. The first-order valence-corrected chi connectivity index (χ1v) is 11.2. The number of rotatable bonds is 7. The molecule has 2 fully saturated rings. The van der Waals surface area contributed by atoms with Gasteiger partial charge in [0.25, 0.3) is 11.8 Å². The van der Waals surface area contributed by atoms with E-state index in [1.807, 2.05) is 0 Å². The van der Waals surface area contributed by atoms with E-state index in [1.165, 1.54) is 12.1 Å². The van der Waals surface area contributed by atoms with Crippen LogP contribution in [0.4, 0.5) is 0 Å². The Morgan fingerprint density at radius 2 is 1.85 bits per heavy atom. The quantitative estimate of drug-likeness (QED) is 0.456. The van der Waals surface area contributed by atoms with Gasteiger partial charge in [-0.1, -0.05) is 29.3 Å². The molecule has 0 saturated carbocycles. The van der Waals surface area contributed by atoms with E-state index in [0.717, 1.165) is 10.0 Å². The molecule has 0 radical (unpaired) electrons. The van der Waals surface area contributed by atoms with Gasteiger partial charge in [0.15, 0.2) is 0 Å². The average Bonchev–Trinajstić information content (AvgIpc) is 2.90. The number of amides is 4. The number of benzene rings is 1. The van der Waals surface area contributed by atoms with Crippen molar-refractivity contribution in [1.29, 1.82) is 0 Å². The zero-order valence-electron chi connectivity index (χ0n) is 17.8. The number of fused-ring (bicyclic) bond motifs is 1. The minimum absolute atomic E-state index is 0.0111. The van der Waals surface area contributed by atoms with Gasteiger partial charge in [0, 0.05) is 13.0 Å². The van der Waals surface area contributed by atoms with Crippen molar-refractivity contribution in [3.63, 3.8) is 0 Å². The molecule has 0 aromatic heterocycles. The van der Waals surface area contributed by atoms with Crippen LogP contribution in [-0.4, -0.2) is 75.7 Å². The van der Waals surface area contributed by atoms with Crippen molar-refractivity contribution < 1.29 is 33.9 Å². The SMILES string of the molecule is O=CC(CC(=O)O)NC(=O)C1CCCN2C(=O)CCC(NC(=O)c3c(Cl)cccc3Cl)C(=O)N12. The third-order valence-electron chi connectivity index (χ3n) is 5.55. The molecule has 0 spiro atoms. The predicted molar refractivity (Wildman–Crippen MR) is 119 cm³/mol. The molecule has 11 nitrogen and oxygen atoms in total. The maximum atomic E-state index is 13.4. The summed E-state index contributed by atoms with van der Waals surface area (Å²) in [5, 5.41) is 16.1. The molecule has 13 heteroatoms. The lowest BCUT2D eigenvalue weighted by Crippen LogP contribution is -2.64. The largest absolute Gasteiger partial charge is 0.481 e. The van der Waals surface area contributed by atoms with E-state index in [0.29, 0.717) is 12.7 Å². The van der Waals surface area contributed by atoms with Crippen LogP contribution >= 0.6 is 23.2 Å². The van der Waals surface area contributed by atoms with Crippen LogP contribution in [0, 0.1) is 0 Å². The Labute approximate surface area is 204 Å². The number of hydrogen-bond donors (Lipinski definition) is 3. The molecular formula is C21H22Cl2N4O7. The Morgan fingerprint density at radius 1 is 1.18 bits per heavy atom. The van der Waals surface area contributed by atoms with Crippen LogP contribution in [0.25, 0.3) is 0 Å². The fourth-order valence-electron chi connectivity index (χ4n) is 3.95. The molecule has 182 valence electrons. The van der Waals surface area contributed by atoms with Gasteiger partial charge in [-0.25, -0.2) is 5.01 Å². The molecule has 0 bridgehead atoms. The van der Waals surface area contributed by atoms with Crippen LogP contribution in [0.2, 0.25) is 10.0 Å². The lowest BCUT2D eigenvalue weighted by molar-refractivity contribution is -0.176. The summed E-state index contributed by atoms with van der Waals surface area (Å²) < 4.78 is 0. The number of halogens is 2. The molecule has 2 saturated heterocycles. The number of carboxylic acids is 1. The van der Waals surface area contributed by atoms with Gasteiger partial charge < -0.3 is 20.5 Å². The van der Waals surface area contributed by atoms with Crippen molar-refractivity contribution >= 4 is 59.1 Å². The number of hydrazine groups is 1. The normalized spacial score (nSPS) is 21.2. The summed E-state index contributed by atoms with van der Waals surface area (Å²) >= 11 is 12.2. The van der Waals surface area contributed by atoms with Crippen LogP contribution in [0.15, 0.2) is 18.2 Å². The summed E-state index contributed by atoms with van der Waals surface area (Å²) in [4.78, 5) is 74.0. The number of aldehydes is 1. The summed E-state index contributed by atoms with van der Waals surface area (Å²) in [6, 6.07) is 0.882. The predicted octanol–water partition coefficient (Wildman–Crippen LogP) is 0.779. The second-order valence-corrected chi connectivity index (χ2v) is 8.68. The molecule has 34 heavy (non-hydrogen) atoms. The minimum Gasteiger partial charge on any atom is -0.481 e. The number of aliphatic carboxylic acids is 1. The van der Waals surface area contributed by atoms with E-state index in [9.17, 15) is 28.8 Å². The van der Waals surface area contributed by atoms with Gasteiger partial charge in [0.1, 0.15) is 18.4 Å². The second kappa shape index (κ2) is 10.8. The molecule has 0 aliphatic carbocycles. The fourth-order valence-corrected chi connectivity index (χ4v) is 4.52. The molecule has 2 aliphatic heterocycles. The van der Waals surface area contributed by atoms with Crippen LogP contribution < -0.4 is 10.6 Å². The molecule has 1 aromatic carbocycles. The highest BCUT2D eigenvalue weighted by molar-refractivity contribution is 6.39. The Hall–Kier alpha value is -3.18. The first-order valence-electron chi connectivity index (χ1n) is 10.5. The maximum absolute atomic E-state index is 13.4. The highest BCUT2D eigenvalue weighted by atomic mass is 35.5. The summed E-state index contributed by atoms with van der Waals surface area (Å²) in [6.45, 7) is 0.192. The zero-order valence-corrected chi connectivity index (χ0v) is 19.3. The van der Waals surface area contributed by atoms with E-state index in [1.54, 1.807) is 6.07 Å². The first-order chi connectivity index (χ1) is 16.1. The molecule has 4 amide bonds. The molecule has 3 rings (SSSR count). The topological polar surface area (TPSA) is 153 Å². The van der Waals surface area contributed by atoms with Crippen LogP contribution in [-0.2, 0) is 24.0 Å². The number of carbonyl (C=O) groups is 6. The van der Waals surface area contributed by atoms with Crippen molar-refractivity contribution in [3.8, 4) is 0 Å². The molecule has 3 unspecified atom stereocenters. The van der Waals surface area contributed by atoms with Crippen LogP contribution in [0.3, 0.4) is 0 Å². The molecule has 2 heterocycles. The van der Waals surface area contributed by atoms with Gasteiger partial charge in [-0.2, -0.15) is 0 Å². The van der Waals surface area contributed by atoms with Crippen LogP contribution in [0.5, 0.6) is 0 Å². The van der Waals surface area contributed by atoms with Crippen molar-refractivity contribution in [2.24, 2.45) is 0 Å². The molecular weight excluding hydrogens is 491 g/mol. The number of nitrogens with one attached hydrogen (secondary N) is 2. The average molecular weight is 513 g/mol. The lowest BCUT2D eigenvalue weighted by atomic mass is 10.0. The van der Waals surface area contributed by atoms with E-state index < -0.39 is 54.1 Å². The second-order valence-electron chi connectivity index (χ2n) is 7.87. The van der Waals surface area contributed by atoms with Crippen molar-refractivity contribution in [2.45, 2.75) is 50.2 Å². The summed E-state index contributed by atoms with van der Waals surface area (Å²) in [5.74, 6) is -3.87. The third kappa shape index (κ3) is 5.48. The third-order valence-corrected chi connectivity index (χ3v) is 6.18. The summed E-state index contributed by atoms with van der Waals surface area (Å²) in [5.41, 5.74) is -0.0264. The molecule has 3 atom stereocenters. The van der Waals surface area contributed by atoms with E-state index in [-0.39, 0.29) is 41.4 Å². The number of nitrogens with zero attached hydrogens (tertiary/aromatic N) is 2. The Balaban J connectivity index is 1.84. The zero-order chi connectivity index (χ0) is 25.0. The van der Waals surface area contributed by atoms with E-state index in [2.05, 4.69) is 10.6 Å².